The molecule has 150 valence electrons. The van der Waals surface area contributed by atoms with E-state index in [1.54, 1.807) is 0 Å². The lowest BCUT2D eigenvalue weighted by molar-refractivity contribution is -0.119. The van der Waals surface area contributed by atoms with Gasteiger partial charge in [0.15, 0.2) is 0 Å². The lowest BCUT2D eigenvalue weighted by Gasteiger charge is -2.35. The molecule has 1 amide bonds. The largest absolute Gasteiger partial charge is 0.308 e. The van der Waals surface area contributed by atoms with Crippen molar-refractivity contribution in [1.82, 2.24) is 9.55 Å². The Hall–Kier alpha value is -3.25. The van der Waals surface area contributed by atoms with Crippen molar-refractivity contribution in [3.63, 3.8) is 0 Å². The number of carbonyl (C=O) groups excluding carboxylic acids is 1. The zero-order valence-electron chi connectivity index (χ0n) is 16.6. The lowest BCUT2D eigenvalue weighted by Crippen LogP contribution is -2.44. The predicted octanol–water partition coefficient (Wildman–Crippen LogP) is 4.49. The maximum absolute atomic E-state index is 13.2. The molecule has 2 aromatic heterocycles. The standard InChI is InChI=1S/C24H21N3O2S/c1-16-11-12-17-7-5-6-10-20(17)27(16)22(28)14-26-15-25-23-19(24(26)29)13-21(30-23)18-8-3-2-4-9-18/h2-10,13,15-16H,11-12,14H2,1H3. The van der Waals surface area contributed by atoms with Crippen molar-refractivity contribution in [1.29, 1.82) is 0 Å². The molecule has 0 saturated heterocycles. The Morgan fingerprint density at radius 1 is 1.13 bits per heavy atom. The van der Waals surface area contributed by atoms with Gasteiger partial charge in [0.2, 0.25) is 5.91 Å². The summed E-state index contributed by atoms with van der Waals surface area (Å²) < 4.78 is 1.43. The Morgan fingerprint density at radius 3 is 2.73 bits per heavy atom. The number of aryl methyl sites for hydroxylation is 1. The minimum atomic E-state index is -0.176. The van der Waals surface area contributed by atoms with Crippen LogP contribution in [0.3, 0.4) is 0 Å². The van der Waals surface area contributed by atoms with E-state index in [0.717, 1.165) is 29.0 Å². The van der Waals surface area contributed by atoms with Gasteiger partial charge in [0.1, 0.15) is 11.4 Å². The Labute approximate surface area is 178 Å². The molecular formula is C24H21N3O2S. The first-order valence-electron chi connectivity index (χ1n) is 10.1. The molecule has 0 aliphatic carbocycles. The van der Waals surface area contributed by atoms with Gasteiger partial charge in [-0.2, -0.15) is 0 Å². The molecule has 5 rings (SSSR count). The summed E-state index contributed by atoms with van der Waals surface area (Å²) in [5.41, 5.74) is 3.01. The molecule has 0 spiro atoms. The average Bonchev–Trinajstić information content (AvgIpc) is 3.21. The highest BCUT2D eigenvalue weighted by Crippen LogP contribution is 2.32. The summed E-state index contributed by atoms with van der Waals surface area (Å²) in [6.07, 6.45) is 3.38. The normalized spacial score (nSPS) is 15.9. The van der Waals surface area contributed by atoms with Crippen LogP contribution in [0.15, 0.2) is 71.8 Å². The summed E-state index contributed by atoms with van der Waals surface area (Å²) in [4.78, 5) is 34.3. The molecule has 1 aliphatic heterocycles. The van der Waals surface area contributed by atoms with Crippen LogP contribution in [0.5, 0.6) is 0 Å². The van der Waals surface area contributed by atoms with Gasteiger partial charge in [0, 0.05) is 16.6 Å². The number of thiophene rings is 1. The summed E-state index contributed by atoms with van der Waals surface area (Å²) in [6, 6.07) is 19.9. The first-order valence-corrected chi connectivity index (χ1v) is 10.9. The van der Waals surface area contributed by atoms with Crippen molar-refractivity contribution in [3.05, 3.63) is 82.9 Å². The molecule has 0 saturated carbocycles. The SMILES string of the molecule is CC1CCc2ccccc2N1C(=O)Cn1cnc2sc(-c3ccccc3)cc2c1=O. The van der Waals surface area contributed by atoms with Crippen molar-refractivity contribution < 1.29 is 4.79 Å². The summed E-state index contributed by atoms with van der Waals surface area (Å²) in [5.74, 6) is -0.0867. The molecule has 1 atom stereocenters. The molecular weight excluding hydrogens is 394 g/mol. The zero-order chi connectivity index (χ0) is 20.7. The molecule has 0 radical (unpaired) electrons. The minimum Gasteiger partial charge on any atom is -0.308 e. The van der Waals surface area contributed by atoms with E-state index in [4.69, 9.17) is 0 Å². The summed E-state index contributed by atoms with van der Waals surface area (Å²) in [6.45, 7) is 2.04. The Bertz CT molecular complexity index is 1290. The minimum absolute atomic E-state index is 0.0169. The monoisotopic (exact) mass is 415 g/mol. The van der Waals surface area contributed by atoms with Crippen LogP contribution in [-0.4, -0.2) is 21.5 Å². The van der Waals surface area contributed by atoms with Gasteiger partial charge in [0.05, 0.1) is 11.7 Å². The van der Waals surface area contributed by atoms with E-state index in [-0.39, 0.29) is 24.1 Å². The molecule has 0 bridgehead atoms. The van der Waals surface area contributed by atoms with Crippen LogP contribution < -0.4 is 10.5 Å². The van der Waals surface area contributed by atoms with Gasteiger partial charge >= 0.3 is 0 Å². The Kier molecular flexibility index (Phi) is 4.71. The maximum Gasteiger partial charge on any atom is 0.262 e. The third kappa shape index (κ3) is 3.23. The first kappa shape index (κ1) is 18.8. The highest BCUT2D eigenvalue weighted by atomic mass is 32.1. The predicted molar refractivity (Wildman–Crippen MR) is 121 cm³/mol. The second-order valence-electron chi connectivity index (χ2n) is 7.65. The van der Waals surface area contributed by atoms with Crippen LogP contribution >= 0.6 is 11.3 Å². The van der Waals surface area contributed by atoms with Gasteiger partial charge in [0.25, 0.3) is 5.56 Å². The fourth-order valence-electron chi connectivity index (χ4n) is 4.11. The van der Waals surface area contributed by atoms with E-state index in [0.29, 0.717) is 10.2 Å². The Morgan fingerprint density at radius 2 is 1.90 bits per heavy atom. The van der Waals surface area contributed by atoms with E-state index in [1.165, 1.54) is 27.8 Å². The molecule has 0 N–H and O–H groups in total. The molecule has 3 heterocycles. The van der Waals surface area contributed by atoms with E-state index < -0.39 is 0 Å². The van der Waals surface area contributed by atoms with Crippen LogP contribution in [0.2, 0.25) is 0 Å². The van der Waals surface area contributed by atoms with E-state index in [2.05, 4.69) is 18.0 Å². The van der Waals surface area contributed by atoms with Gasteiger partial charge in [-0.25, -0.2) is 4.98 Å². The van der Waals surface area contributed by atoms with Crippen molar-refractivity contribution in [2.24, 2.45) is 0 Å². The average molecular weight is 416 g/mol. The number of hydrogen-bond acceptors (Lipinski definition) is 4. The highest BCUT2D eigenvalue weighted by Gasteiger charge is 2.28. The fraction of sp³-hybridized carbons (Fsp3) is 0.208. The number of para-hydroxylation sites is 1. The van der Waals surface area contributed by atoms with Gasteiger partial charge in [-0.05, 0) is 43.0 Å². The number of amides is 1. The fourth-order valence-corrected chi connectivity index (χ4v) is 5.10. The van der Waals surface area contributed by atoms with E-state index in [9.17, 15) is 9.59 Å². The number of fused-ring (bicyclic) bond motifs is 2. The Balaban J connectivity index is 1.48. The van der Waals surface area contributed by atoms with Gasteiger partial charge in [-0.3, -0.25) is 14.2 Å². The van der Waals surface area contributed by atoms with Gasteiger partial charge in [-0.1, -0.05) is 48.5 Å². The van der Waals surface area contributed by atoms with Crippen molar-refractivity contribution in [2.45, 2.75) is 32.4 Å². The van der Waals surface area contributed by atoms with Crippen molar-refractivity contribution >= 4 is 33.1 Å². The van der Waals surface area contributed by atoms with Gasteiger partial charge < -0.3 is 4.90 Å². The topological polar surface area (TPSA) is 55.2 Å². The van der Waals surface area contributed by atoms with Crippen LogP contribution in [-0.2, 0) is 17.8 Å². The van der Waals surface area contributed by atoms with E-state index in [1.807, 2.05) is 59.5 Å². The van der Waals surface area contributed by atoms with Gasteiger partial charge in [-0.15, -0.1) is 11.3 Å². The summed E-state index contributed by atoms with van der Waals surface area (Å²) in [5, 5.41) is 0.557. The molecule has 30 heavy (non-hydrogen) atoms. The summed E-state index contributed by atoms with van der Waals surface area (Å²) in [7, 11) is 0. The number of benzene rings is 2. The molecule has 5 nitrogen and oxygen atoms in total. The van der Waals surface area contributed by atoms with Crippen LogP contribution in [0.1, 0.15) is 18.9 Å². The lowest BCUT2D eigenvalue weighted by atomic mass is 9.96. The number of aromatic nitrogens is 2. The second kappa shape index (κ2) is 7.54. The molecule has 4 aromatic rings. The third-order valence-electron chi connectivity index (χ3n) is 5.67. The molecule has 6 heteroatoms. The van der Waals surface area contributed by atoms with Crippen molar-refractivity contribution in [2.75, 3.05) is 4.90 Å². The van der Waals surface area contributed by atoms with Crippen LogP contribution in [0.4, 0.5) is 5.69 Å². The number of anilines is 1. The highest BCUT2D eigenvalue weighted by molar-refractivity contribution is 7.21. The second-order valence-corrected chi connectivity index (χ2v) is 8.68. The van der Waals surface area contributed by atoms with Crippen LogP contribution in [0.25, 0.3) is 20.7 Å². The van der Waals surface area contributed by atoms with Crippen molar-refractivity contribution in [3.8, 4) is 10.4 Å². The molecule has 2 aromatic carbocycles. The summed E-state index contributed by atoms with van der Waals surface area (Å²) >= 11 is 1.49. The van der Waals surface area contributed by atoms with Crippen LogP contribution in [0, 0.1) is 0 Å². The smallest absolute Gasteiger partial charge is 0.262 e. The number of hydrogen-bond donors (Lipinski definition) is 0. The zero-order valence-corrected chi connectivity index (χ0v) is 17.4. The van der Waals surface area contributed by atoms with E-state index >= 15 is 0 Å². The molecule has 0 fully saturated rings. The molecule has 1 aliphatic rings. The first-order chi connectivity index (χ1) is 14.6. The molecule has 1 unspecified atom stereocenters. The number of nitrogens with zero attached hydrogens (tertiary/aromatic N) is 3. The number of rotatable bonds is 3. The third-order valence-corrected chi connectivity index (χ3v) is 6.77. The quantitative estimate of drug-likeness (QED) is 0.495. The number of carbonyl (C=O) groups is 1. The maximum atomic E-state index is 13.2.